The summed E-state index contributed by atoms with van der Waals surface area (Å²) in [5.41, 5.74) is 1.88. The van der Waals surface area contributed by atoms with Gasteiger partial charge in [-0.3, -0.25) is 4.79 Å². The highest BCUT2D eigenvalue weighted by molar-refractivity contribution is 7.90. The van der Waals surface area contributed by atoms with Crippen molar-refractivity contribution in [1.82, 2.24) is 9.80 Å². The maximum Gasteiger partial charge on any atom is 0.285 e. The van der Waals surface area contributed by atoms with E-state index >= 15 is 0 Å². The molecule has 0 aromatic heterocycles. The zero-order valence-corrected chi connectivity index (χ0v) is 17.6. The van der Waals surface area contributed by atoms with E-state index in [9.17, 15) is 13.2 Å². The number of hydrogen-bond donors (Lipinski definition) is 0. The number of piperidine rings is 1. The Morgan fingerprint density at radius 1 is 0.900 bits per heavy atom. The Balaban J connectivity index is 1.28. The molecule has 0 N–H and O–H groups in total. The van der Waals surface area contributed by atoms with Crippen LogP contribution in [0.5, 0.6) is 0 Å². The second-order valence-corrected chi connectivity index (χ2v) is 9.82. The Bertz CT molecular complexity index is 1090. The van der Waals surface area contributed by atoms with Crippen molar-refractivity contribution in [1.29, 1.82) is 0 Å². The van der Waals surface area contributed by atoms with Crippen LogP contribution in [0.15, 0.2) is 63.9 Å². The molecule has 0 radical (unpaired) electrons. The fraction of sp³-hybridized carbons (Fsp3) is 0.391. The van der Waals surface area contributed by atoms with Gasteiger partial charge in [0.2, 0.25) is 5.91 Å². The Kier molecular flexibility index (Phi) is 4.85. The molecule has 30 heavy (non-hydrogen) atoms. The highest BCUT2D eigenvalue weighted by Gasteiger charge is 2.38. The summed E-state index contributed by atoms with van der Waals surface area (Å²) in [6.45, 7) is 2.10. The standard InChI is InChI=1S/C23H25N3O3S/c27-23(26-14-6-10-20(26)17-7-2-1-3-8-17)18-12-15-25(16-13-18)22-19-9-4-5-11-21(19)30(28,29)24-22/h1-5,7-9,11,18,20H,6,10,12-16H2. The molecule has 3 heterocycles. The lowest BCUT2D eigenvalue weighted by Crippen LogP contribution is -2.44. The van der Waals surface area contributed by atoms with Crippen molar-refractivity contribution in [2.45, 2.75) is 36.6 Å². The Morgan fingerprint density at radius 3 is 2.37 bits per heavy atom. The molecule has 2 aromatic rings. The number of carbonyl (C=O) groups excluding carboxylic acids is 1. The van der Waals surface area contributed by atoms with Gasteiger partial charge in [0, 0.05) is 31.1 Å². The highest BCUT2D eigenvalue weighted by Crippen LogP contribution is 2.35. The topological polar surface area (TPSA) is 70.0 Å². The van der Waals surface area contributed by atoms with Crippen LogP contribution < -0.4 is 0 Å². The first-order valence-electron chi connectivity index (χ1n) is 10.6. The summed E-state index contributed by atoms with van der Waals surface area (Å²) in [6.07, 6.45) is 3.49. The Morgan fingerprint density at radius 2 is 1.60 bits per heavy atom. The predicted octanol–water partition coefficient (Wildman–Crippen LogP) is 3.21. The Labute approximate surface area is 177 Å². The first kappa shape index (κ1) is 19.3. The third kappa shape index (κ3) is 3.31. The molecule has 0 bridgehead atoms. The van der Waals surface area contributed by atoms with Crippen LogP contribution in [0.1, 0.15) is 42.9 Å². The number of amidine groups is 1. The van der Waals surface area contributed by atoms with Crippen LogP contribution in [0, 0.1) is 5.92 Å². The number of benzene rings is 2. The number of hydrogen-bond acceptors (Lipinski definition) is 4. The van der Waals surface area contributed by atoms with E-state index in [0.717, 1.165) is 32.2 Å². The maximum atomic E-state index is 13.3. The van der Waals surface area contributed by atoms with E-state index in [2.05, 4.69) is 21.4 Å². The Hall–Kier alpha value is -2.67. The van der Waals surface area contributed by atoms with E-state index in [1.165, 1.54) is 5.56 Å². The van der Waals surface area contributed by atoms with Gasteiger partial charge in [0.05, 0.1) is 6.04 Å². The van der Waals surface area contributed by atoms with E-state index in [-0.39, 0.29) is 22.8 Å². The maximum absolute atomic E-state index is 13.3. The number of amides is 1. The lowest BCUT2D eigenvalue weighted by molar-refractivity contribution is -0.137. The van der Waals surface area contributed by atoms with E-state index in [0.29, 0.717) is 24.5 Å². The van der Waals surface area contributed by atoms with Crippen molar-refractivity contribution in [2.75, 3.05) is 19.6 Å². The number of rotatable bonds is 2. The number of sulfonamides is 1. The summed E-state index contributed by atoms with van der Waals surface area (Å²) >= 11 is 0. The lowest BCUT2D eigenvalue weighted by atomic mass is 9.93. The van der Waals surface area contributed by atoms with E-state index in [4.69, 9.17) is 0 Å². The second-order valence-electron chi connectivity index (χ2n) is 8.25. The van der Waals surface area contributed by atoms with Gasteiger partial charge in [-0.1, -0.05) is 42.5 Å². The van der Waals surface area contributed by atoms with Crippen molar-refractivity contribution in [2.24, 2.45) is 10.3 Å². The zero-order chi connectivity index (χ0) is 20.7. The third-order valence-corrected chi connectivity index (χ3v) is 7.80. The number of fused-ring (bicyclic) bond motifs is 1. The van der Waals surface area contributed by atoms with Crippen LogP contribution in [-0.4, -0.2) is 49.6 Å². The molecule has 1 atom stereocenters. The van der Waals surface area contributed by atoms with Gasteiger partial charge in [-0.25, -0.2) is 0 Å². The molecule has 0 saturated carbocycles. The minimum atomic E-state index is -3.61. The van der Waals surface area contributed by atoms with Gasteiger partial charge in [-0.2, -0.15) is 8.42 Å². The average Bonchev–Trinajstić information content (AvgIpc) is 3.37. The quantitative estimate of drug-likeness (QED) is 0.744. The van der Waals surface area contributed by atoms with Gasteiger partial charge in [0.1, 0.15) is 4.90 Å². The number of likely N-dealkylation sites (tertiary alicyclic amines) is 2. The van der Waals surface area contributed by atoms with Crippen molar-refractivity contribution < 1.29 is 13.2 Å². The van der Waals surface area contributed by atoms with Gasteiger partial charge in [0.25, 0.3) is 10.0 Å². The molecule has 7 heteroatoms. The number of carbonyl (C=O) groups is 1. The van der Waals surface area contributed by atoms with Crippen molar-refractivity contribution in [3.63, 3.8) is 0 Å². The molecule has 3 aliphatic heterocycles. The van der Waals surface area contributed by atoms with Gasteiger partial charge in [-0.05, 0) is 43.4 Å². The summed E-state index contributed by atoms with van der Waals surface area (Å²) in [6, 6.07) is 17.4. The molecule has 2 fully saturated rings. The summed E-state index contributed by atoms with van der Waals surface area (Å²) < 4.78 is 28.7. The summed E-state index contributed by atoms with van der Waals surface area (Å²) in [5, 5.41) is 0. The molecule has 156 valence electrons. The molecule has 1 amide bonds. The second kappa shape index (κ2) is 7.54. The van der Waals surface area contributed by atoms with E-state index < -0.39 is 10.0 Å². The fourth-order valence-electron chi connectivity index (χ4n) is 4.94. The van der Waals surface area contributed by atoms with Gasteiger partial charge in [0.15, 0.2) is 5.84 Å². The molecule has 1 unspecified atom stereocenters. The first-order valence-corrected chi connectivity index (χ1v) is 12.0. The van der Waals surface area contributed by atoms with Crippen LogP contribution in [0.2, 0.25) is 0 Å². The predicted molar refractivity (Wildman–Crippen MR) is 115 cm³/mol. The first-order chi connectivity index (χ1) is 14.5. The van der Waals surface area contributed by atoms with Gasteiger partial charge >= 0.3 is 0 Å². The van der Waals surface area contributed by atoms with Crippen LogP contribution in [0.3, 0.4) is 0 Å². The molecule has 0 spiro atoms. The summed E-state index contributed by atoms with van der Waals surface area (Å²) in [4.78, 5) is 17.7. The summed E-state index contributed by atoms with van der Waals surface area (Å²) in [7, 11) is -3.61. The lowest BCUT2D eigenvalue weighted by Gasteiger charge is -2.35. The molecule has 2 aromatic carbocycles. The molecule has 6 nitrogen and oxygen atoms in total. The SMILES string of the molecule is O=C(C1CCN(C2=NS(=O)(=O)c3ccccc32)CC1)N1CCCC1c1ccccc1. The molecule has 5 rings (SSSR count). The smallest absolute Gasteiger partial charge is 0.285 e. The monoisotopic (exact) mass is 423 g/mol. The molecular weight excluding hydrogens is 398 g/mol. The van der Waals surface area contributed by atoms with Crippen molar-refractivity contribution in [3.05, 3.63) is 65.7 Å². The van der Waals surface area contributed by atoms with Gasteiger partial charge < -0.3 is 9.80 Å². The van der Waals surface area contributed by atoms with Crippen LogP contribution in [0.25, 0.3) is 0 Å². The third-order valence-electron chi connectivity index (χ3n) is 6.48. The average molecular weight is 424 g/mol. The van der Waals surface area contributed by atoms with Crippen LogP contribution in [0.4, 0.5) is 0 Å². The molecular formula is C23H25N3O3S. The largest absolute Gasteiger partial charge is 0.355 e. The minimum Gasteiger partial charge on any atom is -0.355 e. The molecule has 0 aliphatic carbocycles. The van der Waals surface area contributed by atoms with Crippen LogP contribution in [-0.2, 0) is 14.8 Å². The van der Waals surface area contributed by atoms with Crippen molar-refractivity contribution >= 4 is 21.8 Å². The summed E-state index contributed by atoms with van der Waals surface area (Å²) in [5.74, 6) is 0.752. The van der Waals surface area contributed by atoms with E-state index in [1.807, 2.05) is 35.2 Å². The molecule has 3 aliphatic rings. The zero-order valence-electron chi connectivity index (χ0n) is 16.8. The van der Waals surface area contributed by atoms with Gasteiger partial charge in [-0.15, -0.1) is 4.40 Å². The van der Waals surface area contributed by atoms with Crippen molar-refractivity contribution in [3.8, 4) is 0 Å². The highest BCUT2D eigenvalue weighted by atomic mass is 32.2. The number of nitrogens with zero attached hydrogens (tertiary/aromatic N) is 3. The van der Waals surface area contributed by atoms with E-state index in [1.54, 1.807) is 12.1 Å². The minimum absolute atomic E-state index is 0.0144. The fourth-order valence-corrected chi connectivity index (χ4v) is 6.17. The normalized spacial score (nSPS) is 23.3. The molecule has 2 saturated heterocycles. The van der Waals surface area contributed by atoms with Crippen LogP contribution >= 0.6 is 0 Å².